The van der Waals surface area contributed by atoms with Crippen LogP contribution in [0.3, 0.4) is 0 Å². The van der Waals surface area contributed by atoms with Gasteiger partial charge in [-0.3, -0.25) is 9.78 Å². The summed E-state index contributed by atoms with van der Waals surface area (Å²) in [6.07, 6.45) is 5.64. The number of hydrogen-bond donors (Lipinski definition) is 0. The van der Waals surface area contributed by atoms with E-state index < -0.39 is 0 Å². The van der Waals surface area contributed by atoms with Crippen molar-refractivity contribution in [1.82, 2.24) is 4.98 Å². The van der Waals surface area contributed by atoms with E-state index >= 15 is 0 Å². The smallest absolute Gasteiger partial charge is 0.166 e. The second-order valence-corrected chi connectivity index (χ2v) is 4.30. The standard InChI is InChI=1S/C12H11NOS.C2H6/c1-9(14)12-6-5-10(8-15-12)11-4-2-3-7-13-11;1-2/h2-7H,8H2,1H3;1-2H3. The number of carbonyl (C=O) groups excluding carboxylic acids is 1. The Morgan fingerprint density at radius 2 is 2.06 bits per heavy atom. The van der Waals surface area contributed by atoms with Crippen molar-refractivity contribution in [3.63, 3.8) is 0 Å². The molecule has 0 unspecified atom stereocenters. The third kappa shape index (κ3) is 3.86. The topological polar surface area (TPSA) is 30.0 Å². The lowest BCUT2D eigenvalue weighted by Crippen LogP contribution is -2.00. The molecule has 1 aromatic heterocycles. The largest absolute Gasteiger partial charge is 0.294 e. The van der Waals surface area contributed by atoms with Crippen molar-refractivity contribution in [2.24, 2.45) is 0 Å². The maximum atomic E-state index is 11.1. The molecular formula is C14H17NOS. The molecule has 0 amide bonds. The molecule has 0 bridgehead atoms. The van der Waals surface area contributed by atoms with Crippen molar-refractivity contribution in [3.05, 3.63) is 47.1 Å². The second-order valence-electron chi connectivity index (χ2n) is 3.28. The number of nitrogens with zero attached hydrogens (tertiary/aromatic N) is 1. The van der Waals surface area contributed by atoms with Crippen LogP contribution in [0.4, 0.5) is 0 Å². The lowest BCUT2D eigenvalue weighted by atomic mass is 10.1. The first-order chi connectivity index (χ1) is 8.27. The van der Waals surface area contributed by atoms with Crippen LogP contribution in [0.15, 0.2) is 41.5 Å². The molecule has 3 heteroatoms. The fraction of sp³-hybridized carbons (Fsp3) is 0.286. The summed E-state index contributed by atoms with van der Waals surface area (Å²) in [7, 11) is 0. The van der Waals surface area contributed by atoms with Crippen LogP contribution < -0.4 is 0 Å². The van der Waals surface area contributed by atoms with E-state index in [1.165, 1.54) is 5.57 Å². The van der Waals surface area contributed by atoms with Crippen LogP contribution in [0.25, 0.3) is 5.57 Å². The molecule has 1 aliphatic rings. The highest BCUT2D eigenvalue weighted by Crippen LogP contribution is 2.28. The van der Waals surface area contributed by atoms with Gasteiger partial charge in [-0.15, -0.1) is 11.8 Å². The first-order valence-electron chi connectivity index (χ1n) is 5.73. The molecule has 2 heterocycles. The van der Waals surface area contributed by atoms with E-state index in [0.717, 1.165) is 16.4 Å². The van der Waals surface area contributed by atoms with Crippen molar-refractivity contribution in [2.75, 3.05) is 5.75 Å². The summed E-state index contributed by atoms with van der Waals surface area (Å²) in [5.74, 6) is 0.957. The van der Waals surface area contributed by atoms with E-state index in [0.29, 0.717) is 0 Å². The number of hydrogen-bond acceptors (Lipinski definition) is 3. The lowest BCUT2D eigenvalue weighted by Gasteiger charge is -2.11. The summed E-state index contributed by atoms with van der Waals surface area (Å²) in [5.41, 5.74) is 2.16. The van der Waals surface area contributed by atoms with Gasteiger partial charge in [0.25, 0.3) is 0 Å². The Hall–Kier alpha value is -1.35. The third-order valence-corrected chi connectivity index (χ3v) is 3.35. The summed E-state index contributed by atoms with van der Waals surface area (Å²) in [5, 5.41) is 0. The zero-order valence-electron chi connectivity index (χ0n) is 10.4. The Morgan fingerprint density at radius 3 is 2.53 bits per heavy atom. The molecule has 0 spiro atoms. The van der Waals surface area contributed by atoms with E-state index in [1.54, 1.807) is 24.9 Å². The van der Waals surface area contributed by atoms with Gasteiger partial charge in [0.1, 0.15) is 0 Å². The summed E-state index contributed by atoms with van der Waals surface area (Å²) < 4.78 is 0. The van der Waals surface area contributed by atoms with Crippen LogP contribution in [0, 0.1) is 0 Å². The molecule has 0 N–H and O–H groups in total. The minimum atomic E-state index is 0.135. The minimum Gasteiger partial charge on any atom is -0.294 e. The van der Waals surface area contributed by atoms with E-state index in [9.17, 15) is 4.79 Å². The van der Waals surface area contributed by atoms with Crippen LogP contribution >= 0.6 is 11.8 Å². The monoisotopic (exact) mass is 247 g/mol. The van der Waals surface area contributed by atoms with Crippen molar-refractivity contribution in [3.8, 4) is 0 Å². The number of aromatic nitrogens is 1. The highest BCUT2D eigenvalue weighted by atomic mass is 32.2. The van der Waals surface area contributed by atoms with Crippen molar-refractivity contribution < 1.29 is 4.79 Å². The molecule has 2 rings (SSSR count). The maximum Gasteiger partial charge on any atom is 0.166 e. The van der Waals surface area contributed by atoms with Crippen molar-refractivity contribution in [2.45, 2.75) is 20.8 Å². The van der Waals surface area contributed by atoms with Gasteiger partial charge in [-0.05, 0) is 30.7 Å². The predicted octanol–water partition coefficient (Wildman–Crippen LogP) is 3.71. The normalized spacial score (nSPS) is 14.1. The predicted molar refractivity (Wildman–Crippen MR) is 74.8 cm³/mol. The fourth-order valence-corrected chi connectivity index (χ4v) is 2.28. The first kappa shape index (κ1) is 13.7. The van der Waals surface area contributed by atoms with Gasteiger partial charge < -0.3 is 0 Å². The maximum absolute atomic E-state index is 11.1. The molecule has 90 valence electrons. The zero-order valence-corrected chi connectivity index (χ0v) is 11.3. The molecule has 0 saturated carbocycles. The number of pyridine rings is 1. The number of carbonyl (C=O) groups is 1. The van der Waals surface area contributed by atoms with Crippen LogP contribution in [0.1, 0.15) is 26.5 Å². The molecule has 0 atom stereocenters. The van der Waals surface area contributed by atoms with Gasteiger partial charge in [0.05, 0.1) is 10.6 Å². The fourth-order valence-electron chi connectivity index (χ4n) is 1.36. The average Bonchev–Trinajstić information content (AvgIpc) is 2.42. The number of thioether (sulfide) groups is 1. The van der Waals surface area contributed by atoms with Gasteiger partial charge in [-0.2, -0.15) is 0 Å². The van der Waals surface area contributed by atoms with Gasteiger partial charge in [0, 0.05) is 11.9 Å². The zero-order chi connectivity index (χ0) is 12.7. The third-order valence-electron chi connectivity index (χ3n) is 2.16. The molecule has 17 heavy (non-hydrogen) atoms. The molecule has 0 aromatic carbocycles. The van der Waals surface area contributed by atoms with E-state index in [-0.39, 0.29) is 5.78 Å². The molecule has 1 aromatic rings. The highest BCUT2D eigenvalue weighted by molar-refractivity contribution is 8.04. The molecule has 2 nitrogen and oxygen atoms in total. The van der Waals surface area contributed by atoms with Crippen LogP contribution in [0.5, 0.6) is 0 Å². The van der Waals surface area contributed by atoms with Gasteiger partial charge >= 0.3 is 0 Å². The van der Waals surface area contributed by atoms with Gasteiger partial charge in [-0.1, -0.05) is 26.0 Å². The molecular weight excluding hydrogens is 230 g/mol. The number of ketones is 1. The van der Waals surface area contributed by atoms with Crippen molar-refractivity contribution >= 4 is 23.1 Å². The Labute approximate surface area is 107 Å². The van der Waals surface area contributed by atoms with E-state index in [4.69, 9.17) is 0 Å². The second kappa shape index (κ2) is 7.07. The summed E-state index contributed by atoms with van der Waals surface area (Å²) in [6, 6.07) is 5.86. The van der Waals surface area contributed by atoms with Crippen LogP contribution in [-0.4, -0.2) is 16.5 Å². The Bertz CT molecular complexity index is 435. The SMILES string of the molecule is CC.CC(=O)C1=CC=C(c2ccccn2)CS1. The quantitative estimate of drug-likeness (QED) is 0.798. The Kier molecular flexibility index (Phi) is 5.70. The van der Waals surface area contributed by atoms with E-state index in [1.807, 2.05) is 44.2 Å². The Morgan fingerprint density at radius 1 is 1.29 bits per heavy atom. The number of rotatable bonds is 2. The van der Waals surface area contributed by atoms with Gasteiger partial charge in [0.15, 0.2) is 5.78 Å². The Balaban J connectivity index is 0.000000686. The van der Waals surface area contributed by atoms with Gasteiger partial charge in [-0.25, -0.2) is 0 Å². The summed E-state index contributed by atoms with van der Waals surface area (Å²) in [6.45, 7) is 5.60. The van der Waals surface area contributed by atoms with Crippen LogP contribution in [0.2, 0.25) is 0 Å². The number of Topliss-reactive ketones (excluding diaryl/α,β-unsaturated/α-hetero) is 1. The first-order valence-corrected chi connectivity index (χ1v) is 6.72. The summed E-state index contributed by atoms with van der Waals surface area (Å²) >= 11 is 1.58. The lowest BCUT2D eigenvalue weighted by molar-refractivity contribution is -0.112. The highest BCUT2D eigenvalue weighted by Gasteiger charge is 2.11. The molecule has 0 radical (unpaired) electrons. The summed E-state index contributed by atoms with van der Waals surface area (Å²) in [4.78, 5) is 16.2. The van der Waals surface area contributed by atoms with Crippen LogP contribution in [-0.2, 0) is 4.79 Å². The van der Waals surface area contributed by atoms with Gasteiger partial charge in [0.2, 0.25) is 0 Å². The molecule has 1 aliphatic heterocycles. The molecule has 0 aliphatic carbocycles. The molecule has 0 fully saturated rings. The van der Waals surface area contributed by atoms with Crippen molar-refractivity contribution in [1.29, 1.82) is 0 Å². The molecule has 0 saturated heterocycles. The van der Waals surface area contributed by atoms with E-state index in [2.05, 4.69) is 4.98 Å². The average molecular weight is 247 g/mol. The number of allylic oxidation sites excluding steroid dienone is 3. The minimum absolute atomic E-state index is 0.135.